The molecule has 9 heteroatoms. The Kier molecular flexibility index (Phi) is 4.76. The summed E-state index contributed by atoms with van der Waals surface area (Å²) >= 11 is 1.58. The molecule has 1 N–H and O–H groups in total. The molecule has 0 saturated carbocycles. The van der Waals surface area contributed by atoms with E-state index < -0.39 is 0 Å². The van der Waals surface area contributed by atoms with Crippen molar-refractivity contribution in [3.63, 3.8) is 0 Å². The molecule has 0 bridgehead atoms. The summed E-state index contributed by atoms with van der Waals surface area (Å²) in [4.78, 5) is 29.5. The van der Waals surface area contributed by atoms with Gasteiger partial charge in [-0.05, 0) is 23.6 Å². The second kappa shape index (κ2) is 7.36. The number of fused-ring (bicyclic) bond motifs is 1. The second-order valence-electron chi connectivity index (χ2n) is 6.12. The SMILES string of the molecule is CNC(=O)c1ccc(N2CCN(c3nc(OC)c4sccc4n3)CC2)cn1. The molecule has 0 radical (unpaired) electrons. The predicted octanol–water partition coefficient (Wildman–Crippen LogP) is 1.78. The number of piperazine rings is 1. The van der Waals surface area contributed by atoms with E-state index in [1.807, 2.05) is 17.5 Å². The standard InChI is InChI=1S/C18H20N6O2S/c1-19-16(25)14-4-3-12(11-20-14)23-6-8-24(9-7-23)18-21-13-5-10-27-15(13)17(22-18)26-2/h3-5,10-11H,6-9H2,1-2H3,(H,19,25). The fraction of sp³-hybridized carbons (Fsp3) is 0.333. The lowest BCUT2D eigenvalue weighted by molar-refractivity contribution is 0.0958. The van der Waals surface area contributed by atoms with Crippen LogP contribution in [0.3, 0.4) is 0 Å². The topological polar surface area (TPSA) is 83.5 Å². The number of hydrogen-bond acceptors (Lipinski definition) is 8. The van der Waals surface area contributed by atoms with Gasteiger partial charge in [0, 0.05) is 33.2 Å². The zero-order valence-electron chi connectivity index (χ0n) is 15.2. The summed E-state index contributed by atoms with van der Waals surface area (Å²) in [6.45, 7) is 3.26. The molecular weight excluding hydrogens is 364 g/mol. The Labute approximate surface area is 160 Å². The normalized spacial score (nSPS) is 14.4. The molecule has 8 nitrogen and oxygen atoms in total. The maximum absolute atomic E-state index is 11.6. The highest BCUT2D eigenvalue weighted by Crippen LogP contribution is 2.30. The van der Waals surface area contributed by atoms with Crippen LogP contribution >= 0.6 is 11.3 Å². The molecule has 140 valence electrons. The third-order valence-electron chi connectivity index (χ3n) is 4.59. The molecule has 0 spiro atoms. The third kappa shape index (κ3) is 3.37. The maximum atomic E-state index is 11.6. The minimum Gasteiger partial charge on any atom is -0.480 e. The monoisotopic (exact) mass is 384 g/mol. The van der Waals surface area contributed by atoms with E-state index in [0.29, 0.717) is 17.5 Å². The van der Waals surface area contributed by atoms with Gasteiger partial charge in [-0.15, -0.1) is 11.3 Å². The Morgan fingerprint density at radius 3 is 2.59 bits per heavy atom. The van der Waals surface area contributed by atoms with E-state index in [9.17, 15) is 4.79 Å². The smallest absolute Gasteiger partial charge is 0.269 e. The number of hydrogen-bond donors (Lipinski definition) is 1. The van der Waals surface area contributed by atoms with E-state index in [-0.39, 0.29) is 5.91 Å². The van der Waals surface area contributed by atoms with E-state index in [4.69, 9.17) is 4.74 Å². The fourth-order valence-electron chi connectivity index (χ4n) is 3.10. The quantitative estimate of drug-likeness (QED) is 0.734. The number of amides is 1. The van der Waals surface area contributed by atoms with E-state index in [1.54, 1.807) is 37.8 Å². The lowest BCUT2D eigenvalue weighted by Gasteiger charge is -2.36. The first-order valence-corrected chi connectivity index (χ1v) is 9.55. The average molecular weight is 384 g/mol. The number of pyridine rings is 1. The number of thiophene rings is 1. The largest absolute Gasteiger partial charge is 0.480 e. The Morgan fingerprint density at radius 2 is 1.93 bits per heavy atom. The molecule has 0 unspecified atom stereocenters. The molecule has 27 heavy (non-hydrogen) atoms. The van der Waals surface area contributed by atoms with Crippen molar-refractivity contribution < 1.29 is 9.53 Å². The van der Waals surface area contributed by atoms with Crippen LogP contribution in [-0.4, -0.2) is 61.2 Å². The highest BCUT2D eigenvalue weighted by atomic mass is 32.1. The number of nitrogens with one attached hydrogen (secondary N) is 1. The van der Waals surface area contributed by atoms with Gasteiger partial charge in [0.25, 0.3) is 5.91 Å². The molecule has 3 aromatic rings. The van der Waals surface area contributed by atoms with Crippen molar-refractivity contribution in [2.75, 3.05) is 50.1 Å². The average Bonchev–Trinajstić information content (AvgIpc) is 3.21. The number of methoxy groups -OCH3 is 1. The van der Waals surface area contributed by atoms with Gasteiger partial charge >= 0.3 is 0 Å². The Bertz CT molecular complexity index is 950. The summed E-state index contributed by atoms with van der Waals surface area (Å²) in [5, 5.41) is 4.58. The molecule has 1 saturated heterocycles. The number of nitrogens with zero attached hydrogens (tertiary/aromatic N) is 5. The fourth-order valence-corrected chi connectivity index (χ4v) is 3.90. The van der Waals surface area contributed by atoms with E-state index >= 15 is 0 Å². The van der Waals surface area contributed by atoms with Crippen molar-refractivity contribution in [2.24, 2.45) is 0 Å². The Hall–Kier alpha value is -2.94. The summed E-state index contributed by atoms with van der Waals surface area (Å²) in [7, 11) is 3.24. The molecule has 1 fully saturated rings. The first-order chi connectivity index (χ1) is 13.2. The highest BCUT2D eigenvalue weighted by molar-refractivity contribution is 7.17. The summed E-state index contributed by atoms with van der Waals surface area (Å²) in [5.41, 5.74) is 2.34. The molecule has 1 aliphatic rings. The lowest BCUT2D eigenvalue weighted by Crippen LogP contribution is -2.47. The zero-order chi connectivity index (χ0) is 18.8. The third-order valence-corrected chi connectivity index (χ3v) is 5.48. The van der Waals surface area contributed by atoms with Crippen LogP contribution in [0.15, 0.2) is 29.8 Å². The Morgan fingerprint density at radius 1 is 1.15 bits per heavy atom. The molecular formula is C18H20N6O2S. The molecule has 1 aliphatic heterocycles. The number of rotatable bonds is 4. The van der Waals surface area contributed by atoms with Gasteiger partial charge in [0.2, 0.25) is 11.8 Å². The van der Waals surface area contributed by atoms with Crippen LogP contribution in [0.25, 0.3) is 10.2 Å². The van der Waals surface area contributed by atoms with Gasteiger partial charge in [-0.2, -0.15) is 4.98 Å². The van der Waals surface area contributed by atoms with Gasteiger partial charge in [-0.3, -0.25) is 4.79 Å². The van der Waals surface area contributed by atoms with Crippen LogP contribution in [-0.2, 0) is 0 Å². The van der Waals surface area contributed by atoms with Crippen molar-refractivity contribution in [2.45, 2.75) is 0 Å². The van der Waals surface area contributed by atoms with Crippen LogP contribution in [0.5, 0.6) is 5.88 Å². The van der Waals surface area contributed by atoms with Gasteiger partial charge in [-0.1, -0.05) is 0 Å². The van der Waals surface area contributed by atoms with Crippen LogP contribution < -0.4 is 19.9 Å². The van der Waals surface area contributed by atoms with Crippen molar-refractivity contribution in [1.29, 1.82) is 0 Å². The summed E-state index contributed by atoms with van der Waals surface area (Å²) < 4.78 is 6.40. The van der Waals surface area contributed by atoms with E-state index in [1.165, 1.54) is 0 Å². The number of aromatic nitrogens is 3. The minimum absolute atomic E-state index is 0.179. The summed E-state index contributed by atoms with van der Waals surface area (Å²) in [6, 6.07) is 5.67. The van der Waals surface area contributed by atoms with Gasteiger partial charge in [0.1, 0.15) is 10.4 Å². The summed E-state index contributed by atoms with van der Waals surface area (Å²) in [5.74, 6) is 1.15. The van der Waals surface area contributed by atoms with Crippen LogP contribution in [0, 0.1) is 0 Å². The Balaban J connectivity index is 1.46. The van der Waals surface area contributed by atoms with E-state index in [0.717, 1.165) is 42.1 Å². The predicted molar refractivity (Wildman–Crippen MR) is 106 cm³/mol. The van der Waals surface area contributed by atoms with Gasteiger partial charge in [-0.25, -0.2) is 9.97 Å². The molecule has 1 amide bonds. The minimum atomic E-state index is -0.179. The summed E-state index contributed by atoms with van der Waals surface area (Å²) in [6.07, 6.45) is 1.75. The molecule has 0 aliphatic carbocycles. The van der Waals surface area contributed by atoms with Crippen LogP contribution in [0.4, 0.5) is 11.6 Å². The zero-order valence-corrected chi connectivity index (χ0v) is 16.0. The van der Waals surface area contributed by atoms with Crippen molar-refractivity contribution in [3.05, 3.63) is 35.5 Å². The maximum Gasteiger partial charge on any atom is 0.269 e. The van der Waals surface area contributed by atoms with E-state index in [2.05, 4.69) is 30.1 Å². The van der Waals surface area contributed by atoms with Gasteiger partial charge < -0.3 is 19.9 Å². The van der Waals surface area contributed by atoms with Crippen molar-refractivity contribution in [1.82, 2.24) is 20.3 Å². The van der Waals surface area contributed by atoms with Crippen LogP contribution in [0.2, 0.25) is 0 Å². The molecule has 0 atom stereocenters. The number of carbonyl (C=O) groups excluding carboxylic acids is 1. The molecule has 0 aromatic carbocycles. The lowest BCUT2D eigenvalue weighted by atomic mass is 10.2. The molecule has 4 rings (SSSR count). The number of carbonyl (C=O) groups is 1. The second-order valence-corrected chi connectivity index (χ2v) is 7.04. The number of ether oxygens (including phenoxy) is 1. The van der Waals surface area contributed by atoms with Gasteiger partial charge in [0.05, 0.1) is 24.5 Å². The first-order valence-electron chi connectivity index (χ1n) is 8.67. The van der Waals surface area contributed by atoms with Crippen LogP contribution in [0.1, 0.15) is 10.5 Å². The number of anilines is 2. The van der Waals surface area contributed by atoms with Crippen molar-refractivity contribution >= 4 is 39.1 Å². The van der Waals surface area contributed by atoms with Crippen molar-refractivity contribution in [3.8, 4) is 5.88 Å². The molecule has 3 aromatic heterocycles. The van der Waals surface area contributed by atoms with Gasteiger partial charge in [0.15, 0.2) is 0 Å². The molecule has 4 heterocycles. The first kappa shape index (κ1) is 17.5. The highest BCUT2D eigenvalue weighted by Gasteiger charge is 2.21.